The van der Waals surface area contributed by atoms with Crippen LogP contribution in [-0.4, -0.2) is 24.6 Å². The lowest BCUT2D eigenvalue weighted by molar-refractivity contribution is -0.118. The topological polar surface area (TPSA) is 79.8 Å². The second-order valence-electron chi connectivity index (χ2n) is 6.46. The van der Waals surface area contributed by atoms with E-state index < -0.39 is 0 Å². The summed E-state index contributed by atoms with van der Waals surface area (Å²) < 4.78 is 6.25. The number of nitrogens with zero attached hydrogens (tertiary/aromatic N) is 1. The fraction of sp³-hybridized carbons (Fsp3) is 0.0870. The van der Waals surface area contributed by atoms with Crippen molar-refractivity contribution in [3.8, 4) is 5.75 Å². The second-order valence-corrected chi connectivity index (χ2v) is 7.32. The molecule has 0 unspecified atom stereocenters. The Morgan fingerprint density at radius 3 is 2.57 bits per heavy atom. The summed E-state index contributed by atoms with van der Waals surface area (Å²) in [6.45, 7) is 1.84. The van der Waals surface area contributed by atoms with Crippen molar-refractivity contribution in [1.82, 2.24) is 5.43 Å². The lowest BCUT2D eigenvalue weighted by Crippen LogP contribution is -2.20. The maximum absolute atomic E-state index is 12.1. The molecule has 30 heavy (non-hydrogen) atoms. The number of halogens is 1. The van der Waals surface area contributed by atoms with Crippen molar-refractivity contribution in [1.29, 1.82) is 0 Å². The summed E-state index contributed by atoms with van der Waals surface area (Å²) in [5.74, 6) is -0.00730. The number of benzene rings is 3. The van der Waals surface area contributed by atoms with Gasteiger partial charge in [-0.25, -0.2) is 5.43 Å². The molecule has 0 saturated carbocycles. The molecule has 3 rings (SSSR count). The zero-order valence-electron chi connectivity index (χ0n) is 16.3. The van der Waals surface area contributed by atoms with Gasteiger partial charge in [0.15, 0.2) is 6.61 Å². The van der Waals surface area contributed by atoms with E-state index in [-0.39, 0.29) is 18.4 Å². The van der Waals surface area contributed by atoms with Crippen molar-refractivity contribution in [2.45, 2.75) is 6.92 Å². The minimum atomic E-state index is -0.287. The number of hydrogen-bond acceptors (Lipinski definition) is 4. The van der Waals surface area contributed by atoms with Crippen LogP contribution in [0.15, 0.2) is 82.4 Å². The van der Waals surface area contributed by atoms with E-state index in [1.807, 2.05) is 37.3 Å². The quantitative estimate of drug-likeness (QED) is 0.397. The van der Waals surface area contributed by atoms with Crippen LogP contribution in [0.25, 0.3) is 0 Å². The molecule has 0 atom stereocenters. The molecule has 3 aromatic rings. The van der Waals surface area contributed by atoms with Gasteiger partial charge in [0.1, 0.15) is 5.75 Å². The largest absolute Gasteiger partial charge is 0.483 e. The number of amides is 2. The molecule has 6 nitrogen and oxygen atoms in total. The third-order valence-electron chi connectivity index (χ3n) is 4.03. The Morgan fingerprint density at radius 1 is 1.03 bits per heavy atom. The Hall–Kier alpha value is -3.45. The summed E-state index contributed by atoms with van der Waals surface area (Å²) in [6, 6.07) is 21.7. The summed E-state index contributed by atoms with van der Waals surface area (Å²) in [7, 11) is 0. The third-order valence-corrected chi connectivity index (χ3v) is 4.65. The molecular weight excluding hydrogens is 446 g/mol. The molecule has 0 saturated heterocycles. The highest BCUT2D eigenvalue weighted by atomic mass is 79.9. The van der Waals surface area contributed by atoms with Gasteiger partial charge in [-0.15, -0.1) is 0 Å². The Morgan fingerprint density at radius 2 is 1.83 bits per heavy atom. The average molecular weight is 466 g/mol. The third kappa shape index (κ3) is 6.28. The van der Waals surface area contributed by atoms with Gasteiger partial charge in [-0.3, -0.25) is 9.59 Å². The molecule has 0 aliphatic rings. The first-order valence-corrected chi connectivity index (χ1v) is 9.98. The summed E-state index contributed by atoms with van der Waals surface area (Å²) >= 11 is 3.43. The molecule has 7 heteroatoms. The molecule has 3 aromatic carbocycles. The van der Waals surface area contributed by atoms with E-state index in [2.05, 4.69) is 31.8 Å². The van der Waals surface area contributed by atoms with Crippen molar-refractivity contribution in [3.63, 3.8) is 0 Å². The normalized spacial score (nSPS) is 10.6. The first-order valence-electron chi connectivity index (χ1n) is 9.18. The van der Waals surface area contributed by atoms with Gasteiger partial charge in [-0.05, 0) is 76.4 Å². The van der Waals surface area contributed by atoms with Crippen molar-refractivity contribution in [2.75, 3.05) is 11.9 Å². The zero-order valence-corrected chi connectivity index (χ0v) is 17.8. The van der Waals surface area contributed by atoms with Crippen molar-refractivity contribution < 1.29 is 14.3 Å². The second kappa shape index (κ2) is 10.4. The number of hydrogen-bond donors (Lipinski definition) is 2. The summed E-state index contributed by atoms with van der Waals surface area (Å²) in [4.78, 5) is 24.0. The number of aryl methyl sites for hydroxylation is 1. The Labute approximate surface area is 183 Å². The van der Waals surface area contributed by atoms with E-state index >= 15 is 0 Å². The summed E-state index contributed by atoms with van der Waals surface area (Å²) in [6.07, 6.45) is 1.53. The van der Waals surface area contributed by atoms with E-state index in [1.165, 1.54) is 6.21 Å². The number of ether oxygens (including phenoxy) is 1. The van der Waals surface area contributed by atoms with Crippen LogP contribution in [0.3, 0.4) is 0 Å². The number of carbonyl (C=O) groups excluding carboxylic acids is 2. The highest BCUT2D eigenvalue weighted by Gasteiger charge is 2.07. The van der Waals surface area contributed by atoms with Gasteiger partial charge < -0.3 is 10.1 Å². The average Bonchev–Trinajstić information content (AvgIpc) is 2.73. The predicted octanol–water partition coefficient (Wildman–Crippen LogP) is 4.54. The summed E-state index contributed by atoms with van der Waals surface area (Å²) in [5.41, 5.74) is 5.56. The lowest BCUT2D eigenvalue weighted by Gasteiger charge is -2.10. The predicted molar refractivity (Wildman–Crippen MR) is 121 cm³/mol. The van der Waals surface area contributed by atoms with Crippen LogP contribution in [0.4, 0.5) is 5.69 Å². The molecule has 0 aromatic heterocycles. The van der Waals surface area contributed by atoms with Gasteiger partial charge >= 0.3 is 0 Å². The van der Waals surface area contributed by atoms with Crippen LogP contribution in [0.2, 0.25) is 0 Å². The van der Waals surface area contributed by atoms with E-state index in [9.17, 15) is 9.59 Å². The van der Waals surface area contributed by atoms with Crippen LogP contribution in [0, 0.1) is 6.92 Å². The molecule has 2 N–H and O–H groups in total. The highest BCUT2D eigenvalue weighted by molar-refractivity contribution is 9.10. The maximum Gasteiger partial charge on any atom is 0.271 e. The van der Waals surface area contributed by atoms with Crippen LogP contribution in [-0.2, 0) is 4.79 Å². The van der Waals surface area contributed by atoms with E-state index in [4.69, 9.17) is 4.74 Å². The minimum Gasteiger partial charge on any atom is -0.483 e. The number of anilines is 1. The first kappa shape index (κ1) is 21.3. The molecule has 0 radical (unpaired) electrons. The number of hydrazone groups is 1. The first-order chi connectivity index (χ1) is 14.5. The minimum absolute atomic E-state index is 0.118. The maximum atomic E-state index is 12.1. The fourth-order valence-corrected chi connectivity index (χ4v) is 3.11. The zero-order chi connectivity index (χ0) is 21.3. The molecule has 0 fully saturated rings. The van der Waals surface area contributed by atoms with Gasteiger partial charge in [0.05, 0.1) is 10.7 Å². The molecule has 0 aliphatic carbocycles. The molecule has 152 valence electrons. The van der Waals surface area contributed by atoms with Gasteiger partial charge in [0, 0.05) is 11.3 Å². The fourth-order valence-electron chi connectivity index (χ4n) is 2.60. The van der Waals surface area contributed by atoms with Gasteiger partial charge in [-0.2, -0.15) is 5.10 Å². The lowest BCUT2D eigenvalue weighted by atomic mass is 10.2. The number of carbonyl (C=O) groups is 2. The molecule has 0 spiro atoms. The van der Waals surface area contributed by atoms with E-state index in [0.29, 0.717) is 15.8 Å². The molecule has 2 amide bonds. The highest BCUT2D eigenvalue weighted by Crippen LogP contribution is 2.25. The van der Waals surface area contributed by atoms with Gasteiger partial charge in [0.25, 0.3) is 11.8 Å². The Balaban J connectivity index is 1.52. The van der Waals surface area contributed by atoms with E-state index in [1.54, 1.807) is 42.5 Å². The Kier molecular flexibility index (Phi) is 7.34. The van der Waals surface area contributed by atoms with Crippen LogP contribution < -0.4 is 15.5 Å². The molecule has 0 heterocycles. The molecule has 0 aliphatic heterocycles. The SMILES string of the molecule is Cc1cccc(NC(=O)COc2ccc(/C=N/NC(=O)c3ccccc3)cc2Br)c1. The standard InChI is InChI=1S/C23H20BrN3O3/c1-16-6-5-9-19(12-16)26-22(28)15-30-21-11-10-17(13-20(21)24)14-25-27-23(29)18-7-3-2-4-8-18/h2-14H,15H2,1H3,(H,26,28)(H,27,29)/b25-14+. The monoisotopic (exact) mass is 465 g/mol. The van der Waals surface area contributed by atoms with Crippen LogP contribution in [0.5, 0.6) is 5.75 Å². The van der Waals surface area contributed by atoms with Gasteiger partial charge in [-0.1, -0.05) is 30.3 Å². The van der Waals surface area contributed by atoms with Crippen molar-refractivity contribution in [2.24, 2.45) is 5.10 Å². The number of rotatable bonds is 7. The summed E-state index contributed by atoms with van der Waals surface area (Å²) in [5, 5.41) is 6.76. The molecule has 0 bridgehead atoms. The Bertz CT molecular complexity index is 1070. The van der Waals surface area contributed by atoms with Crippen LogP contribution >= 0.6 is 15.9 Å². The number of nitrogens with one attached hydrogen (secondary N) is 2. The van der Waals surface area contributed by atoms with Crippen LogP contribution in [0.1, 0.15) is 21.5 Å². The van der Waals surface area contributed by atoms with E-state index in [0.717, 1.165) is 16.8 Å². The molecular formula is C23H20BrN3O3. The van der Waals surface area contributed by atoms with Crippen molar-refractivity contribution in [3.05, 3.63) is 94.0 Å². The van der Waals surface area contributed by atoms with Gasteiger partial charge in [0.2, 0.25) is 0 Å². The van der Waals surface area contributed by atoms with Crippen molar-refractivity contribution >= 4 is 39.6 Å². The smallest absolute Gasteiger partial charge is 0.271 e.